The lowest BCUT2D eigenvalue weighted by Gasteiger charge is -2.10. The zero-order valence-corrected chi connectivity index (χ0v) is 15.6. The smallest absolute Gasteiger partial charge is 0.355 e. The number of benzene rings is 2. The van der Waals surface area contributed by atoms with Gasteiger partial charge in [-0.15, -0.1) is 0 Å². The number of rotatable bonds is 5. The van der Waals surface area contributed by atoms with Crippen LogP contribution in [-0.4, -0.2) is 38.1 Å². The summed E-state index contributed by atoms with van der Waals surface area (Å²) in [4.78, 5) is 38.6. The van der Waals surface area contributed by atoms with Gasteiger partial charge in [0, 0.05) is 11.6 Å². The minimum absolute atomic E-state index is 0.0477. The van der Waals surface area contributed by atoms with Gasteiger partial charge in [-0.3, -0.25) is 9.59 Å². The van der Waals surface area contributed by atoms with E-state index in [1.54, 1.807) is 30.3 Å². The Morgan fingerprint density at radius 3 is 2.50 bits per heavy atom. The predicted octanol–water partition coefficient (Wildman–Crippen LogP) is 1.73. The predicted molar refractivity (Wildman–Crippen MR) is 103 cm³/mol. The van der Waals surface area contributed by atoms with Crippen molar-refractivity contribution in [3.63, 3.8) is 0 Å². The van der Waals surface area contributed by atoms with Crippen LogP contribution >= 0.6 is 0 Å². The van der Waals surface area contributed by atoms with Crippen molar-refractivity contribution in [3.8, 4) is 0 Å². The first-order chi connectivity index (χ1) is 13.3. The zero-order chi connectivity index (χ0) is 20.3. The van der Waals surface area contributed by atoms with Gasteiger partial charge in [-0.2, -0.15) is 0 Å². The molecule has 1 amide bonds. The fourth-order valence-electron chi connectivity index (χ4n) is 2.61. The van der Waals surface area contributed by atoms with Gasteiger partial charge in [0.15, 0.2) is 16.4 Å². The van der Waals surface area contributed by atoms with Crippen LogP contribution in [0.15, 0.2) is 64.3 Å². The number of sulfone groups is 1. The van der Waals surface area contributed by atoms with Crippen LogP contribution < -0.4 is 10.9 Å². The number of fused-ring (bicyclic) bond motifs is 1. The van der Waals surface area contributed by atoms with Gasteiger partial charge >= 0.3 is 5.97 Å². The summed E-state index contributed by atoms with van der Waals surface area (Å²) in [6.07, 6.45) is 1.02. The maximum Gasteiger partial charge on any atom is 0.355 e. The van der Waals surface area contributed by atoms with Crippen LogP contribution in [0.2, 0.25) is 0 Å². The van der Waals surface area contributed by atoms with Gasteiger partial charge in [0.25, 0.3) is 11.5 Å². The van der Waals surface area contributed by atoms with Gasteiger partial charge in [-0.25, -0.2) is 13.2 Å². The molecule has 144 valence electrons. The van der Waals surface area contributed by atoms with Gasteiger partial charge in [0.2, 0.25) is 0 Å². The molecule has 3 rings (SSSR count). The standard InChI is InChI=1S/C19H16N2O6S/c1-28(25,26)16-9-5-4-8-14(16)20-17(22)11-27-19(24)15-10-12-6-2-3-7-13(12)18(23)21-15/h2-10H,11H2,1H3,(H,20,22)(H,21,23). The van der Waals surface area contributed by atoms with Crippen molar-refractivity contribution in [2.45, 2.75) is 4.90 Å². The van der Waals surface area contributed by atoms with Crippen molar-refractivity contribution in [3.05, 3.63) is 70.6 Å². The third-order valence-corrected chi connectivity index (χ3v) is 5.02. The molecule has 3 aromatic rings. The Morgan fingerprint density at radius 1 is 1.07 bits per heavy atom. The Labute approximate surface area is 160 Å². The molecule has 1 heterocycles. The van der Waals surface area contributed by atoms with Crippen molar-refractivity contribution in [2.75, 3.05) is 18.2 Å². The van der Waals surface area contributed by atoms with Crippen LogP contribution in [0.3, 0.4) is 0 Å². The van der Waals surface area contributed by atoms with E-state index in [-0.39, 0.29) is 16.3 Å². The number of hydrogen-bond acceptors (Lipinski definition) is 6. The largest absolute Gasteiger partial charge is 0.451 e. The number of para-hydroxylation sites is 1. The van der Waals surface area contributed by atoms with Crippen molar-refractivity contribution >= 4 is 38.2 Å². The van der Waals surface area contributed by atoms with Crippen molar-refractivity contribution in [1.82, 2.24) is 4.98 Å². The molecule has 0 aliphatic carbocycles. The molecule has 0 fully saturated rings. The lowest BCUT2D eigenvalue weighted by atomic mass is 10.1. The van der Waals surface area contributed by atoms with Gasteiger partial charge in [0.05, 0.1) is 10.6 Å². The highest BCUT2D eigenvalue weighted by atomic mass is 32.2. The second-order valence-corrected chi connectivity index (χ2v) is 7.98. The number of H-pyrrole nitrogens is 1. The average molecular weight is 400 g/mol. The van der Waals surface area contributed by atoms with Crippen LogP contribution in [0.5, 0.6) is 0 Å². The molecule has 1 aromatic heterocycles. The maximum atomic E-state index is 12.2. The zero-order valence-electron chi connectivity index (χ0n) is 14.8. The molecular weight excluding hydrogens is 384 g/mol. The maximum absolute atomic E-state index is 12.2. The van der Waals surface area contributed by atoms with Crippen LogP contribution in [-0.2, 0) is 19.4 Å². The second-order valence-electron chi connectivity index (χ2n) is 5.99. The van der Waals surface area contributed by atoms with E-state index in [1.807, 2.05) is 0 Å². The number of ether oxygens (including phenoxy) is 1. The molecule has 0 atom stereocenters. The normalized spacial score (nSPS) is 11.2. The first kappa shape index (κ1) is 19.3. The number of carbonyl (C=O) groups excluding carboxylic acids is 2. The number of anilines is 1. The number of amides is 1. The SMILES string of the molecule is CS(=O)(=O)c1ccccc1NC(=O)COC(=O)c1cc2ccccc2c(=O)[nH]1. The molecule has 0 aliphatic heterocycles. The third-order valence-electron chi connectivity index (χ3n) is 3.87. The van der Waals surface area contributed by atoms with Crippen LogP contribution in [0, 0.1) is 0 Å². The molecule has 0 saturated carbocycles. The molecular formula is C19H16N2O6S. The van der Waals surface area contributed by atoms with Gasteiger partial charge < -0.3 is 15.0 Å². The Morgan fingerprint density at radius 2 is 1.75 bits per heavy atom. The highest BCUT2D eigenvalue weighted by Gasteiger charge is 2.16. The molecule has 2 N–H and O–H groups in total. The number of hydrogen-bond donors (Lipinski definition) is 2. The summed E-state index contributed by atoms with van der Waals surface area (Å²) in [6, 6.07) is 14.1. The molecule has 0 saturated heterocycles. The van der Waals surface area contributed by atoms with Crippen LogP contribution in [0.1, 0.15) is 10.5 Å². The van der Waals surface area contributed by atoms with E-state index < -0.39 is 33.9 Å². The Bertz CT molecular complexity index is 1230. The molecule has 8 nitrogen and oxygen atoms in total. The number of carbonyl (C=O) groups is 2. The fraction of sp³-hybridized carbons (Fsp3) is 0.105. The number of esters is 1. The van der Waals surface area contributed by atoms with E-state index in [0.29, 0.717) is 10.8 Å². The number of nitrogens with one attached hydrogen (secondary N) is 2. The van der Waals surface area contributed by atoms with Crippen molar-refractivity contribution in [2.24, 2.45) is 0 Å². The number of pyridine rings is 1. The summed E-state index contributed by atoms with van der Waals surface area (Å²) in [6.45, 7) is -0.647. The molecule has 9 heteroatoms. The Balaban J connectivity index is 1.70. The van der Waals surface area contributed by atoms with E-state index in [9.17, 15) is 22.8 Å². The number of aromatic amines is 1. The lowest BCUT2D eigenvalue weighted by Crippen LogP contribution is -2.23. The Hall–Kier alpha value is -3.46. The van der Waals surface area contributed by atoms with E-state index in [0.717, 1.165) is 6.26 Å². The molecule has 28 heavy (non-hydrogen) atoms. The lowest BCUT2D eigenvalue weighted by molar-refractivity contribution is -0.119. The van der Waals surface area contributed by atoms with Gasteiger partial charge in [0.1, 0.15) is 5.69 Å². The van der Waals surface area contributed by atoms with E-state index in [4.69, 9.17) is 4.74 Å². The highest BCUT2D eigenvalue weighted by molar-refractivity contribution is 7.90. The Kier molecular flexibility index (Phi) is 5.27. The molecule has 2 aromatic carbocycles. The van der Waals surface area contributed by atoms with Gasteiger partial charge in [-0.05, 0) is 29.7 Å². The highest BCUT2D eigenvalue weighted by Crippen LogP contribution is 2.20. The molecule has 0 spiro atoms. The summed E-state index contributed by atoms with van der Waals surface area (Å²) >= 11 is 0. The first-order valence-corrected chi connectivity index (χ1v) is 10.0. The van der Waals surface area contributed by atoms with Gasteiger partial charge in [-0.1, -0.05) is 30.3 Å². The average Bonchev–Trinajstić information content (AvgIpc) is 2.65. The summed E-state index contributed by atoms with van der Waals surface area (Å²) in [5, 5.41) is 3.38. The van der Waals surface area contributed by atoms with E-state index in [2.05, 4.69) is 10.3 Å². The quantitative estimate of drug-likeness (QED) is 0.629. The molecule has 0 aliphatic rings. The third kappa shape index (κ3) is 4.26. The van der Waals surface area contributed by atoms with Crippen molar-refractivity contribution < 1.29 is 22.7 Å². The second kappa shape index (κ2) is 7.65. The van der Waals surface area contributed by atoms with Crippen LogP contribution in [0.4, 0.5) is 5.69 Å². The topological polar surface area (TPSA) is 122 Å². The van der Waals surface area contributed by atoms with E-state index in [1.165, 1.54) is 24.3 Å². The summed E-state index contributed by atoms with van der Waals surface area (Å²) in [5.74, 6) is -1.60. The summed E-state index contributed by atoms with van der Waals surface area (Å²) in [7, 11) is -3.54. The molecule has 0 radical (unpaired) electrons. The van der Waals surface area contributed by atoms with E-state index >= 15 is 0 Å². The number of aromatic nitrogens is 1. The first-order valence-electron chi connectivity index (χ1n) is 8.14. The fourth-order valence-corrected chi connectivity index (χ4v) is 3.45. The molecule has 0 bridgehead atoms. The minimum atomic E-state index is -3.54. The molecule has 0 unspecified atom stereocenters. The minimum Gasteiger partial charge on any atom is -0.451 e. The van der Waals surface area contributed by atoms with Crippen molar-refractivity contribution in [1.29, 1.82) is 0 Å². The van der Waals surface area contributed by atoms with Crippen LogP contribution in [0.25, 0.3) is 10.8 Å². The monoisotopic (exact) mass is 400 g/mol. The summed E-state index contributed by atoms with van der Waals surface area (Å²) < 4.78 is 28.4. The summed E-state index contributed by atoms with van der Waals surface area (Å²) in [5.41, 5.74) is -0.449.